The van der Waals surface area contributed by atoms with Crippen LogP contribution in [0.25, 0.3) is 0 Å². The summed E-state index contributed by atoms with van der Waals surface area (Å²) >= 11 is 0. The van der Waals surface area contributed by atoms with Gasteiger partial charge in [-0.05, 0) is 57.8 Å². The van der Waals surface area contributed by atoms with Crippen LogP contribution in [0, 0.1) is 0 Å². The molecule has 2 rings (SSSR count). The molecular formula is C69H127NO13. The number of aliphatic hydroxyl groups is 8. The number of aliphatic hydroxyl groups excluding tert-OH is 8. The number of carbonyl (C=O) groups excluding carboxylic acids is 1. The van der Waals surface area contributed by atoms with E-state index >= 15 is 0 Å². The molecule has 0 aliphatic carbocycles. The van der Waals surface area contributed by atoms with Crippen LogP contribution in [-0.2, 0) is 23.7 Å². The highest BCUT2D eigenvalue weighted by atomic mass is 16.7. The molecule has 2 aliphatic heterocycles. The highest BCUT2D eigenvalue weighted by Gasteiger charge is 2.51. The van der Waals surface area contributed by atoms with Gasteiger partial charge in [-0.3, -0.25) is 4.79 Å². The summed E-state index contributed by atoms with van der Waals surface area (Å²) in [4.78, 5) is 13.2. The lowest BCUT2D eigenvalue weighted by atomic mass is 9.97. The van der Waals surface area contributed by atoms with Gasteiger partial charge in [-0.1, -0.05) is 274 Å². The van der Waals surface area contributed by atoms with Gasteiger partial charge in [-0.15, -0.1) is 0 Å². The largest absolute Gasteiger partial charge is 0.394 e. The third kappa shape index (κ3) is 38.8. The minimum absolute atomic E-state index is 0.239. The number of hydrogen-bond donors (Lipinski definition) is 9. The number of carbonyl (C=O) groups is 1. The quantitative estimate of drug-likeness (QED) is 0.0204. The first kappa shape index (κ1) is 77.0. The van der Waals surface area contributed by atoms with Crippen molar-refractivity contribution in [3.05, 3.63) is 48.6 Å². The Balaban J connectivity index is 1.48. The van der Waals surface area contributed by atoms with E-state index in [1.54, 1.807) is 6.08 Å². The van der Waals surface area contributed by atoms with Crippen LogP contribution in [-0.4, -0.2) is 140 Å². The van der Waals surface area contributed by atoms with Gasteiger partial charge in [0.05, 0.1) is 32.0 Å². The fourth-order valence-corrected chi connectivity index (χ4v) is 11.2. The van der Waals surface area contributed by atoms with Crippen LogP contribution in [0.15, 0.2) is 48.6 Å². The summed E-state index contributed by atoms with van der Waals surface area (Å²) in [6.07, 6.45) is 53.8. The summed E-state index contributed by atoms with van der Waals surface area (Å²) in [6, 6.07) is -0.910. The van der Waals surface area contributed by atoms with Crippen LogP contribution in [0.5, 0.6) is 0 Å². The van der Waals surface area contributed by atoms with Crippen LogP contribution in [0.2, 0.25) is 0 Å². The maximum absolute atomic E-state index is 13.2. The van der Waals surface area contributed by atoms with E-state index in [-0.39, 0.29) is 18.9 Å². The van der Waals surface area contributed by atoms with Crippen LogP contribution in [0.4, 0.5) is 0 Å². The maximum atomic E-state index is 13.2. The number of hydrogen-bond acceptors (Lipinski definition) is 13. The molecule has 1 amide bonds. The van der Waals surface area contributed by atoms with Crippen molar-refractivity contribution in [1.29, 1.82) is 0 Å². The third-order valence-electron chi connectivity index (χ3n) is 16.8. The molecule has 0 spiro atoms. The number of rotatable bonds is 56. The fraction of sp³-hybridized carbons (Fsp3) is 0.870. The molecule has 0 aromatic rings. The van der Waals surface area contributed by atoms with E-state index in [0.29, 0.717) is 6.42 Å². The normalized spacial score (nSPS) is 24.1. The Morgan fingerprint density at radius 2 is 0.795 bits per heavy atom. The van der Waals surface area contributed by atoms with Crippen LogP contribution >= 0.6 is 0 Å². The van der Waals surface area contributed by atoms with E-state index in [1.807, 2.05) is 6.08 Å². The average Bonchev–Trinajstić information content (AvgIpc) is 3.45. The zero-order valence-electron chi connectivity index (χ0n) is 52.7. The van der Waals surface area contributed by atoms with E-state index in [1.165, 1.54) is 205 Å². The highest BCUT2D eigenvalue weighted by molar-refractivity contribution is 5.76. The second kappa shape index (κ2) is 54.1. The van der Waals surface area contributed by atoms with Crippen molar-refractivity contribution in [1.82, 2.24) is 5.32 Å². The Bertz CT molecular complexity index is 1580. The van der Waals surface area contributed by atoms with E-state index in [0.717, 1.165) is 57.8 Å². The minimum atomic E-state index is -1.79. The number of nitrogens with one attached hydrogen (secondary N) is 1. The predicted molar refractivity (Wildman–Crippen MR) is 337 cm³/mol. The van der Waals surface area contributed by atoms with Crippen molar-refractivity contribution in [2.75, 3.05) is 19.8 Å². The first-order valence-corrected chi connectivity index (χ1v) is 34.4. The van der Waals surface area contributed by atoms with Gasteiger partial charge in [-0.2, -0.15) is 0 Å². The van der Waals surface area contributed by atoms with Crippen molar-refractivity contribution in [3.8, 4) is 0 Å². The van der Waals surface area contributed by atoms with E-state index in [9.17, 15) is 45.6 Å². The van der Waals surface area contributed by atoms with Crippen LogP contribution in [0.1, 0.15) is 290 Å². The molecule has 0 aromatic heterocycles. The van der Waals surface area contributed by atoms with Crippen molar-refractivity contribution in [2.24, 2.45) is 0 Å². The summed E-state index contributed by atoms with van der Waals surface area (Å²) in [5, 5.41) is 86.8. The van der Waals surface area contributed by atoms with E-state index in [2.05, 4.69) is 55.6 Å². The van der Waals surface area contributed by atoms with Crippen molar-refractivity contribution < 1.29 is 64.6 Å². The Kier molecular flexibility index (Phi) is 50.2. The standard InChI is InChI=1S/C69H127NO13/c1-3-5-7-9-11-13-14-15-16-17-18-19-20-21-22-23-24-25-26-27-28-29-30-31-32-33-34-35-36-37-38-39-40-41-42-43-44-45-47-49-51-53-61(74)70-57(58(73)52-50-48-46-12-10-8-6-4-2)56-80-68-66(79)64(77)67(60(55-72)82-68)83-69-65(78)63(76)62(75)59(54-71)81-69/h14-15,17-18,20-21,50,52,57-60,62-69,71-73,75-79H,3-13,16,19,22-49,51,53-56H2,1-2H3,(H,70,74)/b15-14-,18-17-,21-20-,52-50+. The van der Waals surface area contributed by atoms with E-state index < -0.39 is 86.8 Å². The number of allylic oxidation sites excluding steroid dienone is 7. The minimum Gasteiger partial charge on any atom is -0.394 e. The Labute approximate surface area is 505 Å². The smallest absolute Gasteiger partial charge is 0.220 e. The molecule has 14 nitrogen and oxygen atoms in total. The third-order valence-corrected chi connectivity index (χ3v) is 16.8. The summed E-state index contributed by atoms with van der Waals surface area (Å²) < 4.78 is 22.7. The second-order valence-corrected chi connectivity index (χ2v) is 24.3. The maximum Gasteiger partial charge on any atom is 0.220 e. The molecule has 0 radical (unpaired) electrons. The van der Waals surface area contributed by atoms with Gasteiger partial charge < -0.3 is 65.1 Å². The first-order valence-electron chi connectivity index (χ1n) is 34.4. The highest BCUT2D eigenvalue weighted by Crippen LogP contribution is 2.30. The number of unbranched alkanes of at least 4 members (excludes halogenated alkanes) is 37. The van der Waals surface area contributed by atoms with Gasteiger partial charge in [0.15, 0.2) is 12.6 Å². The molecule has 12 unspecified atom stereocenters. The summed E-state index contributed by atoms with van der Waals surface area (Å²) in [7, 11) is 0. The van der Waals surface area contributed by atoms with Gasteiger partial charge in [0, 0.05) is 6.42 Å². The topological polar surface area (TPSA) is 228 Å². The average molecular weight is 1180 g/mol. The molecule has 0 bridgehead atoms. The van der Waals surface area contributed by atoms with Crippen LogP contribution in [0.3, 0.4) is 0 Å². The number of amides is 1. The van der Waals surface area contributed by atoms with Crippen molar-refractivity contribution >= 4 is 5.91 Å². The monoisotopic (exact) mass is 1180 g/mol. The van der Waals surface area contributed by atoms with Crippen LogP contribution < -0.4 is 5.32 Å². The molecule has 486 valence electrons. The molecule has 12 atom stereocenters. The summed E-state index contributed by atoms with van der Waals surface area (Å²) in [5.41, 5.74) is 0. The molecule has 14 heteroatoms. The lowest BCUT2D eigenvalue weighted by molar-refractivity contribution is -0.359. The lowest BCUT2D eigenvalue weighted by Gasteiger charge is -2.46. The fourth-order valence-electron chi connectivity index (χ4n) is 11.2. The van der Waals surface area contributed by atoms with Gasteiger partial charge in [0.2, 0.25) is 5.91 Å². The van der Waals surface area contributed by atoms with Gasteiger partial charge >= 0.3 is 0 Å². The SMILES string of the molecule is CCCCCCC/C=C\C/C=C\C/C=C\CCCCCCCCCCCCCCCCCCCCCCCCCCCCC(=O)NC(COC1OC(CO)C(OC2OC(CO)C(O)C(O)C2O)C(O)C1O)C(O)/C=C/CCCCCCCC. The molecule has 0 saturated carbocycles. The summed E-state index contributed by atoms with van der Waals surface area (Å²) in [5.74, 6) is -0.239. The van der Waals surface area contributed by atoms with E-state index in [4.69, 9.17) is 18.9 Å². The predicted octanol–water partition coefficient (Wildman–Crippen LogP) is 13.5. The molecule has 9 N–H and O–H groups in total. The van der Waals surface area contributed by atoms with Gasteiger partial charge in [-0.25, -0.2) is 0 Å². The molecule has 2 fully saturated rings. The zero-order chi connectivity index (χ0) is 60.2. The Morgan fingerprint density at radius 1 is 0.434 bits per heavy atom. The number of ether oxygens (including phenoxy) is 4. The Morgan fingerprint density at radius 3 is 1.22 bits per heavy atom. The summed E-state index contributed by atoms with van der Waals surface area (Å²) in [6.45, 7) is 2.75. The molecule has 0 aromatic carbocycles. The molecule has 2 aliphatic rings. The molecular weight excluding hydrogens is 1050 g/mol. The van der Waals surface area contributed by atoms with Gasteiger partial charge in [0.1, 0.15) is 48.8 Å². The first-order chi connectivity index (χ1) is 40.6. The Hall–Kier alpha value is -2.05. The molecule has 83 heavy (non-hydrogen) atoms. The van der Waals surface area contributed by atoms with Crippen molar-refractivity contribution in [2.45, 2.75) is 364 Å². The second-order valence-electron chi connectivity index (χ2n) is 24.3. The zero-order valence-corrected chi connectivity index (χ0v) is 52.7. The lowest BCUT2D eigenvalue weighted by Crippen LogP contribution is -2.65. The molecule has 2 saturated heterocycles. The molecule has 2 heterocycles. The van der Waals surface area contributed by atoms with Gasteiger partial charge in [0.25, 0.3) is 0 Å². The van der Waals surface area contributed by atoms with Crippen molar-refractivity contribution in [3.63, 3.8) is 0 Å².